The van der Waals surface area contributed by atoms with E-state index in [9.17, 15) is 13.9 Å². The zero-order chi connectivity index (χ0) is 13.0. The number of halogens is 2. The molecule has 0 radical (unpaired) electrons. The van der Waals surface area contributed by atoms with Gasteiger partial charge in [-0.3, -0.25) is 4.98 Å². The van der Waals surface area contributed by atoms with E-state index in [1.165, 1.54) is 18.3 Å². The van der Waals surface area contributed by atoms with Crippen LogP contribution in [0.1, 0.15) is 11.7 Å². The summed E-state index contributed by atoms with van der Waals surface area (Å²) in [5, 5.41) is 9.84. The minimum Gasteiger partial charge on any atom is -0.387 e. The summed E-state index contributed by atoms with van der Waals surface area (Å²) < 4.78 is 26.7. The topological polar surface area (TPSA) is 33.1 Å². The van der Waals surface area contributed by atoms with Crippen molar-refractivity contribution < 1.29 is 13.9 Å². The molecule has 1 aromatic heterocycles. The van der Waals surface area contributed by atoms with E-state index in [2.05, 4.69) is 4.98 Å². The number of aliphatic hydroxyl groups is 1. The fourth-order valence-corrected chi connectivity index (χ4v) is 2.37. The molecule has 0 amide bonds. The van der Waals surface area contributed by atoms with Gasteiger partial charge in [0.1, 0.15) is 11.6 Å². The molecule has 1 atom stereocenters. The van der Waals surface area contributed by atoms with Crippen LogP contribution in [0.15, 0.2) is 47.6 Å². The Bertz CT molecular complexity index is 536. The molecule has 0 spiro atoms. The quantitative estimate of drug-likeness (QED) is 0.864. The molecule has 0 aliphatic heterocycles. The lowest BCUT2D eigenvalue weighted by Gasteiger charge is -2.11. The number of hydrogen-bond donors (Lipinski definition) is 1. The highest BCUT2D eigenvalue weighted by molar-refractivity contribution is 7.99. The van der Waals surface area contributed by atoms with Crippen LogP contribution in [0.2, 0.25) is 0 Å². The van der Waals surface area contributed by atoms with Crippen LogP contribution < -0.4 is 0 Å². The largest absolute Gasteiger partial charge is 0.387 e. The second kappa shape index (κ2) is 5.93. The van der Waals surface area contributed by atoms with Crippen molar-refractivity contribution in [1.82, 2.24) is 4.98 Å². The van der Waals surface area contributed by atoms with Gasteiger partial charge in [-0.25, -0.2) is 8.78 Å². The Kier molecular flexibility index (Phi) is 4.28. The van der Waals surface area contributed by atoms with Crippen LogP contribution in [0, 0.1) is 11.6 Å². The normalized spacial score (nSPS) is 12.4. The highest BCUT2D eigenvalue weighted by atomic mass is 32.2. The van der Waals surface area contributed by atoms with Gasteiger partial charge in [0.05, 0.1) is 12.3 Å². The maximum Gasteiger partial charge on any atom is 0.147 e. The number of thioether (sulfide) groups is 1. The molecule has 0 bridgehead atoms. The third kappa shape index (κ3) is 3.05. The van der Waals surface area contributed by atoms with Crippen molar-refractivity contribution in [2.75, 3.05) is 5.75 Å². The first-order valence-corrected chi connectivity index (χ1v) is 6.32. The van der Waals surface area contributed by atoms with E-state index in [0.29, 0.717) is 4.90 Å². The molecule has 0 saturated carbocycles. The van der Waals surface area contributed by atoms with Crippen molar-refractivity contribution in [3.05, 3.63) is 59.9 Å². The summed E-state index contributed by atoms with van der Waals surface area (Å²) in [6.45, 7) is 0. The maximum absolute atomic E-state index is 13.3. The van der Waals surface area contributed by atoms with Crippen molar-refractivity contribution in [2.45, 2.75) is 11.0 Å². The predicted octanol–water partition coefficient (Wildman–Crippen LogP) is 3.19. The van der Waals surface area contributed by atoms with Crippen LogP contribution in [-0.4, -0.2) is 15.8 Å². The monoisotopic (exact) mass is 267 g/mol. The van der Waals surface area contributed by atoms with Gasteiger partial charge in [-0.15, -0.1) is 11.8 Å². The lowest BCUT2D eigenvalue weighted by molar-refractivity contribution is 0.198. The van der Waals surface area contributed by atoms with Crippen LogP contribution in [0.4, 0.5) is 8.78 Å². The Morgan fingerprint density at radius 1 is 1.17 bits per heavy atom. The summed E-state index contributed by atoms with van der Waals surface area (Å²) in [6.07, 6.45) is 1.47. The Morgan fingerprint density at radius 2 is 1.94 bits per heavy atom. The SMILES string of the molecule is OC(CSc1ccccc1F)c1ccncc1F. The Morgan fingerprint density at radius 3 is 2.67 bits per heavy atom. The zero-order valence-electron chi connectivity index (χ0n) is 9.38. The highest BCUT2D eigenvalue weighted by Gasteiger charge is 2.13. The number of hydrogen-bond acceptors (Lipinski definition) is 3. The first kappa shape index (κ1) is 13.0. The van der Waals surface area contributed by atoms with E-state index in [0.717, 1.165) is 18.0 Å². The third-order valence-electron chi connectivity index (χ3n) is 2.40. The van der Waals surface area contributed by atoms with Crippen LogP contribution in [-0.2, 0) is 0 Å². The van der Waals surface area contributed by atoms with Crippen molar-refractivity contribution in [3.63, 3.8) is 0 Å². The fraction of sp³-hybridized carbons (Fsp3) is 0.154. The molecule has 94 valence electrons. The molecular weight excluding hydrogens is 256 g/mol. The number of rotatable bonds is 4. The molecule has 0 aliphatic rings. The molecule has 1 N–H and O–H groups in total. The highest BCUT2D eigenvalue weighted by Crippen LogP contribution is 2.27. The van der Waals surface area contributed by atoms with Gasteiger partial charge < -0.3 is 5.11 Å². The van der Waals surface area contributed by atoms with E-state index < -0.39 is 11.9 Å². The van der Waals surface area contributed by atoms with E-state index in [1.807, 2.05) is 0 Å². The van der Waals surface area contributed by atoms with Gasteiger partial charge in [0.25, 0.3) is 0 Å². The molecule has 2 aromatic rings. The first-order valence-electron chi connectivity index (χ1n) is 5.33. The number of nitrogens with zero attached hydrogens (tertiary/aromatic N) is 1. The Balaban J connectivity index is 2.03. The second-order valence-corrected chi connectivity index (χ2v) is 4.72. The summed E-state index contributed by atoms with van der Waals surface area (Å²) in [4.78, 5) is 4.04. The second-order valence-electron chi connectivity index (χ2n) is 3.65. The number of pyridine rings is 1. The predicted molar refractivity (Wildman–Crippen MR) is 66.3 cm³/mol. The lowest BCUT2D eigenvalue weighted by Crippen LogP contribution is -2.04. The molecule has 0 aliphatic carbocycles. The number of benzene rings is 1. The average molecular weight is 267 g/mol. The van der Waals surface area contributed by atoms with E-state index in [1.54, 1.807) is 18.2 Å². The molecule has 1 heterocycles. The molecule has 1 unspecified atom stereocenters. The van der Waals surface area contributed by atoms with Gasteiger partial charge in [-0.1, -0.05) is 12.1 Å². The van der Waals surface area contributed by atoms with Gasteiger partial charge in [0, 0.05) is 22.4 Å². The van der Waals surface area contributed by atoms with Crippen molar-refractivity contribution >= 4 is 11.8 Å². The van der Waals surface area contributed by atoms with Crippen molar-refractivity contribution in [2.24, 2.45) is 0 Å². The summed E-state index contributed by atoms with van der Waals surface area (Å²) in [7, 11) is 0. The zero-order valence-corrected chi connectivity index (χ0v) is 10.2. The molecule has 2 rings (SSSR count). The molecule has 0 fully saturated rings. The summed E-state index contributed by atoms with van der Waals surface area (Å²) in [5.41, 5.74) is 0.175. The summed E-state index contributed by atoms with van der Waals surface area (Å²) in [6, 6.07) is 7.70. The van der Waals surface area contributed by atoms with Crippen LogP contribution >= 0.6 is 11.8 Å². The minimum absolute atomic E-state index is 0.175. The Labute approximate surface area is 108 Å². The first-order chi connectivity index (χ1) is 8.68. The molecule has 5 heteroatoms. The van der Waals surface area contributed by atoms with E-state index >= 15 is 0 Å². The fourth-order valence-electron chi connectivity index (χ4n) is 1.48. The Hall–Kier alpha value is -1.46. The maximum atomic E-state index is 13.3. The van der Waals surface area contributed by atoms with Gasteiger partial charge in [0.15, 0.2) is 0 Å². The number of aromatic nitrogens is 1. The van der Waals surface area contributed by atoms with Crippen molar-refractivity contribution in [3.8, 4) is 0 Å². The molecule has 1 aromatic carbocycles. The smallest absolute Gasteiger partial charge is 0.147 e. The van der Waals surface area contributed by atoms with Crippen LogP contribution in [0.25, 0.3) is 0 Å². The lowest BCUT2D eigenvalue weighted by atomic mass is 10.2. The number of aliphatic hydroxyl groups excluding tert-OH is 1. The van der Waals surface area contributed by atoms with Crippen LogP contribution in [0.3, 0.4) is 0 Å². The molecular formula is C13H11F2NOS. The summed E-state index contributed by atoms with van der Waals surface area (Å²) in [5.74, 6) is -0.717. The third-order valence-corrected chi connectivity index (χ3v) is 3.52. The molecule has 0 saturated heterocycles. The van der Waals surface area contributed by atoms with Gasteiger partial charge >= 0.3 is 0 Å². The molecule has 2 nitrogen and oxygen atoms in total. The van der Waals surface area contributed by atoms with E-state index in [4.69, 9.17) is 0 Å². The van der Waals surface area contributed by atoms with Crippen LogP contribution in [0.5, 0.6) is 0 Å². The van der Waals surface area contributed by atoms with Gasteiger partial charge in [-0.2, -0.15) is 0 Å². The minimum atomic E-state index is -0.988. The standard InChI is InChI=1S/C13H11F2NOS/c14-10-3-1-2-4-13(10)18-8-12(17)9-5-6-16-7-11(9)15/h1-7,12,17H,8H2. The van der Waals surface area contributed by atoms with Gasteiger partial charge in [0.2, 0.25) is 0 Å². The van der Waals surface area contributed by atoms with Gasteiger partial charge in [-0.05, 0) is 18.2 Å². The average Bonchev–Trinajstić information content (AvgIpc) is 2.38. The molecule has 18 heavy (non-hydrogen) atoms. The summed E-state index contributed by atoms with van der Waals surface area (Å²) >= 11 is 1.15. The van der Waals surface area contributed by atoms with E-state index in [-0.39, 0.29) is 17.1 Å². The van der Waals surface area contributed by atoms with Crippen molar-refractivity contribution in [1.29, 1.82) is 0 Å².